The predicted molar refractivity (Wildman–Crippen MR) is 119 cm³/mol. The number of carbonyl (C=O) groups is 1. The summed E-state index contributed by atoms with van der Waals surface area (Å²) in [6.07, 6.45) is 0. The number of rotatable bonds is 8. The van der Waals surface area contributed by atoms with E-state index >= 15 is 0 Å². The summed E-state index contributed by atoms with van der Waals surface area (Å²) in [5, 5.41) is 7.67. The minimum atomic E-state index is -0.0799. The predicted octanol–water partition coefficient (Wildman–Crippen LogP) is 5.16. The van der Waals surface area contributed by atoms with Gasteiger partial charge in [-0.05, 0) is 44.0 Å². The number of para-hydroxylation sites is 2. The largest absolute Gasteiger partial charge is 0.439 e. The highest BCUT2D eigenvalue weighted by molar-refractivity contribution is 5.74. The Hall–Kier alpha value is -3.28. The molecule has 30 heavy (non-hydrogen) atoms. The first-order valence-corrected chi connectivity index (χ1v) is 10.4. The molecule has 2 aromatic carbocycles. The highest BCUT2D eigenvalue weighted by atomic mass is 16.5. The van der Waals surface area contributed by atoms with Gasteiger partial charge in [0.25, 0.3) is 0 Å². The van der Waals surface area contributed by atoms with Crippen LogP contribution in [0, 0.1) is 12.8 Å². The topological polar surface area (TPSA) is 59.4 Å². The van der Waals surface area contributed by atoms with Crippen molar-refractivity contribution in [1.82, 2.24) is 20.0 Å². The number of carbonyl (C=O) groups excluding carboxylic acids is 1. The second-order valence-corrected chi connectivity index (χ2v) is 7.64. The van der Waals surface area contributed by atoms with Crippen LogP contribution in [0.5, 0.6) is 11.6 Å². The molecule has 0 saturated heterocycles. The molecule has 0 atom stereocenters. The number of nitrogens with zero attached hydrogens (tertiary/aromatic N) is 3. The van der Waals surface area contributed by atoms with Crippen LogP contribution in [0.3, 0.4) is 0 Å². The van der Waals surface area contributed by atoms with E-state index in [0.29, 0.717) is 31.4 Å². The van der Waals surface area contributed by atoms with Crippen LogP contribution in [-0.2, 0) is 6.54 Å². The number of nitrogens with one attached hydrogen (secondary N) is 1. The molecule has 0 fully saturated rings. The lowest BCUT2D eigenvalue weighted by molar-refractivity contribution is 0.188. The quantitative estimate of drug-likeness (QED) is 0.562. The molecule has 6 heteroatoms. The molecule has 0 aliphatic rings. The van der Waals surface area contributed by atoms with E-state index in [0.717, 1.165) is 22.7 Å². The summed E-state index contributed by atoms with van der Waals surface area (Å²) in [6.45, 7) is 9.74. The summed E-state index contributed by atoms with van der Waals surface area (Å²) < 4.78 is 8.11. The van der Waals surface area contributed by atoms with Crippen molar-refractivity contribution in [3.8, 4) is 17.3 Å². The molecular weight excluding hydrogens is 376 g/mol. The average molecular weight is 407 g/mol. The Balaban J connectivity index is 2.03. The smallest absolute Gasteiger partial charge is 0.317 e. The Morgan fingerprint density at radius 3 is 2.33 bits per heavy atom. The summed E-state index contributed by atoms with van der Waals surface area (Å²) in [7, 11) is 0. The molecule has 0 unspecified atom stereocenters. The molecule has 0 aliphatic heterocycles. The van der Waals surface area contributed by atoms with Crippen molar-refractivity contribution in [3.05, 3.63) is 71.9 Å². The number of hydrogen-bond donors (Lipinski definition) is 1. The summed E-state index contributed by atoms with van der Waals surface area (Å²) in [5.41, 5.74) is 2.64. The van der Waals surface area contributed by atoms with Gasteiger partial charge in [0.15, 0.2) is 0 Å². The van der Waals surface area contributed by atoms with E-state index in [1.165, 1.54) is 0 Å². The molecule has 6 nitrogen and oxygen atoms in total. The minimum Gasteiger partial charge on any atom is -0.439 e. The zero-order chi connectivity index (χ0) is 21.5. The molecule has 1 N–H and O–H groups in total. The maximum Gasteiger partial charge on any atom is 0.317 e. The van der Waals surface area contributed by atoms with Crippen molar-refractivity contribution >= 4 is 6.03 Å². The zero-order valence-corrected chi connectivity index (χ0v) is 18.1. The van der Waals surface area contributed by atoms with Gasteiger partial charge >= 0.3 is 6.03 Å². The van der Waals surface area contributed by atoms with E-state index < -0.39 is 0 Å². The van der Waals surface area contributed by atoms with Crippen molar-refractivity contribution in [2.45, 2.75) is 34.2 Å². The third-order valence-corrected chi connectivity index (χ3v) is 4.65. The van der Waals surface area contributed by atoms with Crippen LogP contribution in [0.1, 0.15) is 32.0 Å². The van der Waals surface area contributed by atoms with E-state index in [9.17, 15) is 4.79 Å². The van der Waals surface area contributed by atoms with Gasteiger partial charge in [-0.1, -0.05) is 50.2 Å². The molecule has 3 aromatic rings. The van der Waals surface area contributed by atoms with Crippen LogP contribution in [0.15, 0.2) is 60.7 Å². The number of ether oxygens (including phenoxy) is 1. The highest BCUT2D eigenvalue weighted by Crippen LogP contribution is 2.31. The number of amides is 2. The molecule has 1 aromatic heterocycles. The molecule has 2 amide bonds. The van der Waals surface area contributed by atoms with Crippen molar-refractivity contribution in [3.63, 3.8) is 0 Å². The molecule has 0 saturated carbocycles. The van der Waals surface area contributed by atoms with Crippen molar-refractivity contribution < 1.29 is 9.53 Å². The molecule has 1 heterocycles. The van der Waals surface area contributed by atoms with Crippen LogP contribution in [-0.4, -0.2) is 33.8 Å². The molecule has 0 aliphatic carbocycles. The molecule has 3 rings (SSSR count). The number of aromatic nitrogens is 2. The summed E-state index contributed by atoms with van der Waals surface area (Å²) in [6, 6.07) is 19.5. The summed E-state index contributed by atoms with van der Waals surface area (Å²) in [4.78, 5) is 14.5. The van der Waals surface area contributed by atoms with Gasteiger partial charge in [0.2, 0.25) is 5.88 Å². The van der Waals surface area contributed by atoms with Crippen LogP contribution < -0.4 is 10.1 Å². The van der Waals surface area contributed by atoms with Crippen LogP contribution in [0.25, 0.3) is 5.69 Å². The second kappa shape index (κ2) is 9.96. The Morgan fingerprint density at radius 1 is 1.10 bits per heavy atom. The number of hydrogen-bond acceptors (Lipinski definition) is 3. The van der Waals surface area contributed by atoms with Gasteiger partial charge in [-0.15, -0.1) is 0 Å². The lowest BCUT2D eigenvalue weighted by atomic mass is 10.1. The van der Waals surface area contributed by atoms with E-state index in [1.54, 1.807) is 0 Å². The SMILES string of the molecule is CCNC(=O)N(Cc1c(C)nn(-c2ccccc2)c1Oc1ccccc1)CC(C)C. The zero-order valence-electron chi connectivity index (χ0n) is 18.1. The van der Waals surface area contributed by atoms with Gasteiger partial charge in [-0.3, -0.25) is 0 Å². The third-order valence-electron chi connectivity index (χ3n) is 4.65. The Bertz CT molecular complexity index is 952. The second-order valence-electron chi connectivity index (χ2n) is 7.64. The minimum absolute atomic E-state index is 0.0799. The fraction of sp³-hybridized carbons (Fsp3) is 0.333. The van der Waals surface area contributed by atoms with Crippen molar-refractivity contribution in [1.29, 1.82) is 0 Å². The van der Waals surface area contributed by atoms with Crippen molar-refractivity contribution in [2.24, 2.45) is 5.92 Å². The first-order valence-electron chi connectivity index (χ1n) is 10.4. The molecule has 158 valence electrons. The number of benzene rings is 2. The Kier molecular flexibility index (Phi) is 7.12. The van der Waals surface area contributed by atoms with Crippen LogP contribution in [0.4, 0.5) is 4.79 Å². The Morgan fingerprint density at radius 2 is 1.73 bits per heavy atom. The van der Waals surface area contributed by atoms with Gasteiger partial charge in [0, 0.05) is 13.1 Å². The first-order chi connectivity index (χ1) is 14.5. The number of aryl methyl sites for hydroxylation is 1. The van der Waals surface area contributed by atoms with E-state index in [4.69, 9.17) is 9.84 Å². The maximum atomic E-state index is 12.7. The van der Waals surface area contributed by atoms with Crippen molar-refractivity contribution in [2.75, 3.05) is 13.1 Å². The normalized spacial score (nSPS) is 10.8. The van der Waals surface area contributed by atoms with Gasteiger partial charge in [0.05, 0.1) is 23.5 Å². The fourth-order valence-electron chi connectivity index (χ4n) is 3.28. The molecule has 0 radical (unpaired) electrons. The summed E-state index contributed by atoms with van der Waals surface area (Å²) >= 11 is 0. The van der Waals surface area contributed by atoms with Gasteiger partial charge in [-0.25, -0.2) is 9.48 Å². The monoisotopic (exact) mass is 406 g/mol. The first kappa shape index (κ1) is 21.4. The van der Waals surface area contributed by atoms with E-state index in [2.05, 4.69) is 19.2 Å². The number of urea groups is 1. The van der Waals surface area contributed by atoms with E-state index in [1.807, 2.05) is 84.1 Å². The lowest BCUT2D eigenvalue weighted by Gasteiger charge is -2.25. The summed E-state index contributed by atoms with van der Waals surface area (Å²) in [5.74, 6) is 1.70. The third kappa shape index (κ3) is 5.20. The van der Waals surface area contributed by atoms with Gasteiger partial charge in [0.1, 0.15) is 5.75 Å². The molecule has 0 bridgehead atoms. The highest BCUT2D eigenvalue weighted by Gasteiger charge is 2.24. The van der Waals surface area contributed by atoms with Gasteiger partial charge in [-0.2, -0.15) is 5.10 Å². The standard InChI is InChI=1S/C24H30N4O2/c1-5-25-24(29)27(16-18(2)3)17-22-19(4)26-28(20-12-8-6-9-13-20)23(22)30-21-14-10-7-11-15-21/h6-15,18H,5,16-17H2,1-4H3,(H,25,29). The van der Waals surface area contributed by atoms with Crippen LogP contribution in [0.2, 0.25) is 0 Å². The van der Waals surface area contributed by atoms with Gasteiger partial charge < -0.3 is 15.0 Å². The molecule has 0 spiro atoms. The fourth-order valence-corrected chi connectivity index (χ4v) is 3.28. The van der Waals surface area contributed by atoms with E-state index in [-0.39, 0.29) is 6.03 Å². The molecular formula is C24H30N4O2. The van der Waals surface area contributed by atoms with Crippen LogP contribution >= 0.6 is 0 Å². The Labute approximate surface area is 178 Å². The maximum absolute atomic E-state index is 12.7. The average Bonchev–Trinajstić information content (AvgIpc) is 3.04. The lowest BCUT2D eigenvalue weighted by Crippen LogP contribution is -2.41.